The van der Waals surface area contributed by atoms with Gasteiger partial charge in [0, 0.05) is 5.92 Å². The van der Waals surface area contributed by atoms with E-state index < -0.39 is 0 Å². The highest BCUT2D eigenvalue weighted by Crippen LogP contribution is 2.34. The lowest BCUT2D eigenvalue weighted by molar-refractivity contribution is 0.101. The van der Waals surface area contributed by atoms with E-state index in [4.69, 9.17) is 4.74 Å². The molecule has 0 unspecified atom stereocenters. The molecular weight excluding hydrogens is 296 g/mol. The fourth-order valence-corrected chi connectivity index (χ4v) is 3.05. The minimum absolute atomic E-state index is 0.00794. The Kier molecular flexibility index (Phi) is 4.76. The third-order valence-electron chi connectivity index (χ3n) is 4.20. The van der Waals surface area contributed by atoms with Gasteiger partial charge in [0.15, 0.2) is 5.78 Å². The van der Waals surface area contributed by atoms with Gasteiger partial charge in [-0.3, -0.25) is 4.79 Å². The lowest BCUT2D eigenvalue weighted by Gasteiger charge is -2.20. The summed E-state index contributed by atoms with van der Waals surface area (Å²) in [4.78, 5) is 12.0. The summed E-state index contributed by atoms with van der Waals surface area (Å²) in [7, 11) is 1.59. The third kappa shape index (κ3) is 3.23. The molecule has 0 radical (unpaired) electrons. The van der Waals surface area contributed by atoms with E-state index in [0.717, 1.165) is 5.56 Å². The van der Waals surface area contributed by atoms with Gasteiger partial charge in [0.25, 0.3) is 0 Å². The van der Waals surface area contributed by atoms with Gasteiger partial charge < -0.3 is 4.74 Å². The van der Waals surface area contributed by atoms with Crippen molar-refractivity contribution in [1.29, 1.82) is 0 Å². The van der Waals surface area contributed by atoms with Gasteiger partial charge in [0.05, 0.1) is 12.7 Å². The van der Waals surface area contributed by atoms with Crippen molar-refractivity contribution in [2.75, 3.05) is 7.11 Å². The molecule has 0 bridgehead atoms. The highest BCUT2D eigenvalue weighted by molar-refractivity contribution is 5.97. The molecule has 0 aromatic heterocycles. The molecule has 3 aromatic rings. The maximum atomic E-state index is 12.0. The van der Waals surface area contributed by atoms with Crippen molar-refractivity contribution in [2.45, 2.75) is 12.8 Å². The summed E-state index contributed by atoms with van der Waals surface area (Å²) in [5.41, 5.74) is 4.09. The van der Waals surface area contributed by atoms with Crippen LogP contribution in [0.4, 0.5) is 0 Å². The minimum atomic E-state index is 0.00794. The van der Waals surface area contributed by atoms with Crippen LogP contribution in [0.15, 0.2) is 78.9 Å². The summed E-state index contributed by atoms with van der Waals surface area (Å²) in [6.07, 6.45) is 0. The zero-order valence-electron chi connectivity index (χ0n) is 13.9. The largest absolute Gasteiger partial charge is 0.496 e. The second-order valence-electron chi connectivity index (χ2n) is 5.77. The van der Waals surface area contributed by atoms with E-state index in [1.54, 1.807) is 14.0 Å². The first-order valence-corrected chi connectivity index (χ1v) is 7.99. The Hall–Kier alpha value is -2.87. The van der Waals surface area contributed by atoms with Gasteiger partial charge in [-0.25, -0.2) is 0 Å². The van der Waals surface area contributed by atoms with E-state index in [9.17, 15) is 4.79 Å². The van der Waals surface area contributed by atoms with Crippen LogP contribution in [-0.4, -0.2) is 12.9 Å². The lowest BCUT2D eigenvalue weighted by atomic mass is 9.84. The standard InChI is InChI=1S/C22H20O2/c1-16(23)20-15-19(13-14-21(20)24-2)22(17-9-5-3-6-10-17)18-11-7-4-8-12-18/h3-15,22H,1-2H3. The number of ketones is 1. The van der Waals surface area contributed by atoms with Gasteiger partial charge in [-0.1, -0.05) is 66.7 Å². The van der Waals surface area contributed by atoms with E-state index in [0.29, 0.717) is 11.3 Å². The first-order valence-electron chi connectivity index (χ1n) is 7.99. The molecule has 0 aliphatic rings. The number of rotatable bonds is 5. The highest BCUT2D eigenvalue weighted by Gasteiger charge is 2.19. The first kappa shape index (κ1) is 16.0. The summed E-state index contributed by atoms with van der Waals surface area (Å²) < 4.78 is 5.33. The predicted molar refractivity (Wildman–Crippen MR) is 96.8 cm³/mol. The highest BCUT2D eigenvalue weighted by atomic mass is 16.5. The minimum Gasteiger partial charge on any atom is -0.496 e. The molecule has 0 amide bonds. The summed E-state index contributed by atoms with van der Waals surface area (Å²) in [6.45, 7) is 1.57. The van der Waals surface area contributed by atoms with Crippen LogP contribution < -0.4 is 4.74 Å². The molecule has 3 aromatic carbocycles. The molecule has 0 saturated heterocycles. The second-order valence-corrected chi connectivity index (χ2v) is 5.77. The monoisotopic (exact) mass is 316 g/mol. The molecule has 0 heterocycles. The Bertz CT molecular complexity index is 784. The van der Waals surface area contributed by atoms with Crippen molar-refractivity contribution in [2.24, 2.45) is 0 Å². The van der Waals surface area contributed by atoms with Crippen molar-refractivity contribution in [3.8, 4) is 5.75 Å². The van der Waals surface area contributed by atoms with Crippen molar-refractivity contribution in [1.82, 2.24) is 0 Å². The molecular formula is C22H20O2. The van der Waals surface area contributed by atoms with Gasteiger partial charge in [-0.2, -0.15) is 0 Å². The van der Waals surface area contributed by atoms with E-state index >= 15 is 0 Å². The molecule has 2 heteroatoms. The van der Waals surface area contributed by atoms with Gasteiger partial charge in [-0.15, -0.1) is 0 Å². The Morgan fingerprint density at radius 3 is 1.79 bits per heavy atom. The Balaban J connectivity index is 2.17. The molecule has 0 aliphatic heterocycles. The summed E-state index contributed by atoms with van der Waals surface area (Å²) in [6, 6.07) is 26.5. The number of hydrogen-bond acceptors (Lipinski definition) is 2. The maximum absolute atomic E-state index is 12.0. The van der Waals surface area contributed by atoms with Gasteiger partial charge >= 0.3 is 0 Å². The Morgan fingerprint density at radius 1 is 0.792 bits per heavy atom. The van der Waals surface area contributed by atoms with Crippen LogP contribution in [0.1, 0.15) is 39.9 Å². The number of hydrogen-bond donors (Lipinski definition) is 0. The van der Waals surface area contributed by atoms with E-state index in [1.165, 1.54) is 11.1 Å². The summed E-state index contributed by atoms with van der Waals surface area (Å²) in [5, 5.41) is 0. The zero-order valence-corrected chi connectivity index (χ0v) is 13.9. The van der Waals surface area contributed by atoms with Crippen molar-refractivity contribution < 1.29 is 9.53 Å². The van der Waals surface area contributed by atoms with Crippen LogP contribution in [-0.2, 0) is 0 Å². The fraction of sp³-hybridized carbons (Fsp3) is 0.136. The number of ether oxygens (including phenoxy) is 1. The third-order valence-corrected chi connectivity index (χ3v) is 4.20. The second kappa shape index (κ2) is 7.14. The smallest absolute Gasteiger partial charge is 0.163 e. The number of Topliss-reactive ketones (excluding diaryl/α,β-unsaturated/α-hetero) is 1. The van der Waals surface area contributed by atoms with Crippen LogP contribution in [0.5, 0.6) is 5.75 Å². The van der Waals surface area contributed by atoms with Crippen molar-refractivity contribution in [3.63, 3.8) is 0 Å². The average Bonchev–Trinajstić information content (AvgIpc) is 2.63. The molecule has 0 aliphatic carbocycles. The molecule has 0 saturated carbocycles. The number of benzene rings is 3. The van der Waals surface area contributed by atoms with Crippen LogP contribution in [0.3, 0.4) is 0 Å². The zero-order chi connectivity index (χ0) is 16.9. The Labute approximate surface area is 142 Å². The van der Waals surface area contributed by atoms with Crippen molar-refractivity contribution in [3.05, 3.63) is 101 Å². The summed E-state index contributed by atoms with van der Waals surface area (Å²) >= 11 is 0. The average molecular weight is 316 g/mol. The Morgan fingerprint density at radius 2 is 1.33 bits per heavy atom. The quantitative estimate of drug-likeness (QED) is 0.485. The maximum Gasteiger partial charge on any atom is 0.163 e. The van der Waals surface area contributed by atoms with Gasteiger partial charge in [-0.05, 0) is 35.7 Å². The lowest BCUT2D eigenvalue weighted by Crippen LogP contribution is -2.06. The van der Waals surface area contributed by atoms with E-state index in [-0.39, 0.29) is 11.7 Å². The van der Waals surface area contributed by atoms with Gasteiger partial charge in [0.1, 0.15) is 5.75 Å². The van der Waals surface area contributed by atoms with Crippen LogP contribution in [0, 0.1) is 0 Å². The molecule has 24 heavy (non-hydrogen) atoms. The normalized spacial score (nSPS) is 10.6. The molecule has 2 nitrogen and oxygen atoms in total. The van der Waals surface area contributed by atoms with Crippen LogP contribution in [0.2, 0.25) is 0 Å². The van der Waals surface area contributed by atoms with E-state index in [2.05, 4.69) is 24.3 Å². The van der Waals surface area contributed by atoms with Crippen molar-refractivity contribution >= 4 is 5.78 Å². The molecule has 0 spiro atoms. The predicted octanol–water partition coefficient (Wildman–Crippen LogP) is 5.08. The molecule has 120 valence electrons. The fourth-order valence-electron chi connectivity index (χ4n) is 3.05. The summed E-state index contributed by atoms with van der Waals surface area (Å²) in [5.74, 6) is 0.705. The first-order chi connectivity index (χ1) is 11.7. The molecule has 0 atom stereocenters. The number of carbonyl (C=O) groups excluding carboxylic acids is 1. The van der Waals surface area contributed by atoms with E-state index in [1.807, 2.05) is 54.6 Å². The molecule has 0 fully saturated rings. The molecule has 3 rings (SSSR count). The number of methoxy groups -OCH3 is 1. The molecule has 0 N–H and O–H groups in total. The van der Waals surface area contributed by atoms with Crippen LogP contribution >= 0.6 is 0 Å². The topological polar surface area (TPSA) is 26.3 Å². The van der Waals surface area contributed by atoms with Gasteiger partial charge in [0.2, 0.25) is 0 Å². The SMILES string of the molecule is COc1ccc(C(c2ccccc2)c2ccccc2)cc1C(C)=O. The number of carbonyl (C=O) groups is 1. The van der Waals surface area contributed by atoms with Crippen LogP contribution in [0.25, 0.3) is 0 Å².